The van der Waals surface area contributed by atoms with Gasteiger partial charge >= 0.3 is 0 Å². The predicted molar refractivity (Wildman–Crippen MR) is 59.7 cm³/mol. The second-order valence-corrected chi connectivity index (χ2v) is 4.96. The summed E-state index contributed by atoms with van der Waals surface area (Å²) in [6.07, 6.45) is 1.49. The Hall–Kier alpha value is -0.630. The van der Waals surface area contributed by atoms with Crippen LogP contribution in [0.5, 0.6) is 0 Å². The van der Waals surface area contributed by atoms with Crippen molar-refractivity contribution >= 4 is 0 Å². The quantitative estimate of drug-likeness (QED) is 0.726. The minimum Gasteiger partial charge on any atom is -0.350 e. The van der Waals surface area contributed by atoms with Crippen molar-refractivity contribution in [3.63, 3.8) is 0 Å². The van der Waals surface area contributed by atoms with Crippen LogP contribution < -0.4 is 0 Å². The number of ether oxygens (including phenoxy) is 2. The SMILES string of the molecule is CC(C)N1CCC(C2OCC(CC#N)O2)C1. The highest BCUT2D eigenvalue weighted by Gasteiger charge is 2.36. The highest BCUT2D eigenvalue weighted by molar-refractivity contribution is 4.85. The van der Waals surface area contributed by atoms with Crippen LogP contribution in [0.4, 0.5) is 0 Å². The lowest BCUT2D eigenvalue weighted by Gasteiger charge is -2.22. The van der Waals surface area contributed by atoms with E-state index in [1.165, 1.54) is 0 Å². The summed E-state index contributed by atoms with van der Waals surface area (Å²) >= 11 is 0. The summed E-state index contributed by atoms with van der Waals surface area (Å²) in [5.41, 5.74) is 0. The third-order valence-corrected chi connectivity index (χ3v) is 3.46. The molecule has 0 amide bonds. The maximum atomic E-state index is 8.60. The predicted octanol–water partition coefficient (Wildman–Crippen LogP) is 1.37. The van der Waals surface area contributed by atoms with Crippen molar-refractivity contribution in [2.75, 3.05) is 19.7 Å². The molecule has 0 aliphatic carbocycles. The molecule has 4 nitrogen and oxygen atoms in total. The van der Waals surface area contributed by atoms with E-state index in [1.807, 2.05) is 0 Å². The molecule has 2 aliphatic heterocycles. The number of likely N-dealkylation sites (tertiary alicyclic amines) is 1. The molecular weight excluding hydrogens is 204 g/mol. The minimum absolute atomic E-state index is 0.0110. The maximum absolute atomic E-state index is 8.60. The van der Waals surface area contributed by atoms with E-state index in [0.29, 0.717) is 25.0 Å². The first-order valence-corrected chi connectivity index (χ1v) is 6.08. The third-order valence-electron chi connectivity index (χ3n) is 3.46. The summed E-state index contributed by atoms with van der Waals surface area (Å²) in [6.45, 7) is 7.21. The van der Waals surface area contributed by atoms with Gasteiger partial charge in [0, 0.05) is 18.5 Å². The first-order chi connectivity index (χ1) is 7.70. The Bertz CT molecular complexity index is 275. The molecule has 16 heavy (non-hydrogen) atoms. The standard InChI is InChI=1S/C12H20N2O2/c1-9(2)14-6-4-10(7-14)12-15-8-11(16-12)3-5-13/h9-12H,3-4,6-8H2,1-2H3. The summed E-state index contributed by atoms with van der Waals surface area (Å²) in [5.74, 6) is 0.478. The van der Waals surface area contributed by atoms with Crippen molar-refractivity contribution < 1.29 is 9.47 Å². The fraction of sp³-hybridized carbons (Fsp3) is 0.917. The maximum Gasteiger partial charge on any atom is 0.162 e. The minimum atomic E-state index is -0.0814. The van der Waals surface area contributed by atoms with Gasteiger partial charge in [-0.3, -0.25) is 0 Å². The van der Waals surface area contributed by atoms with Gasteiger partial charge in [-0.1, -0.05) is 0 Å². The molecule has 0 aromatic heterocycles. The number of nitriles is 1. The molecule has 2 saturated heterocycles. The molecule has 3 atom stereocenters. The van der Waals surface area contributed by atoms with Crippen molar-refractivity contribution in [1.82, 2.24) is 4.90 Å². The molecule has 2 fully saturated rings. The second-order valence-electron chi connectivity index (χ2n) is 4.96. The zero-order valence-electron chi connectivity index (χ0n) is 10.1. The Kier molecular flexibility index (Phi) is 3.80. The van der Waals surface area contributed by atoms with Crippen LogP contribution in [0.15, 0.2) is 0 Å². The van der Waals surface area contributed by atoms with E-state index in [0.717, 1.165) is 19.5 Å². The average molecular weight is 224 g/mol. The van der Waals surface area contributed by atoms with E-state index in [1.54, 1.807) is 0 Å². The molecule has 0 spiro atoms. The topological polar surface area (TPSA) is 45.5 Å². The van der Waals surface area contributed by atoms with Crippen molar-refractivity contribution in [1.29, 1.82) is 5.26 Å². The lowest BCUT2D eigenvalue weighted by Crippen LogP contribution is -2.31. The van der Waals surface area contributed by atoms with Crippen LogP contribution in [-0.2, 0) is 9.47 Å². The largest absolute Gasteiger partial charge is 0.350 e. The Morgan fingerprint density at radius 3 is 2.94 bits per heavy atom. The molecule has 4 heteroatoms. The molecule has 3 unspecified atom stereocenters. The molecule has 0 N–H and O–H groups in total. The zero-order valence-corrected chi connectivity index (χ0v) is 10.1. The van der Waals surface area contributed by atoms with Crippen molar-refractivity contribution in [3.05, 3.63) is 0 Å². The van der Waals surface area contributed by atoms with Crippen LogP contribution in [-0.4, -0.2) is 43.0 Å². The fourth-order valence-electron chi connectivity index (χ4n) is 2.43. The van der Waals surface area contributed by atoms with Crippen LogP contribution in [0.3, 0.4) is 0 Å². The van der Waals surface area contributed by atoms with Crippen LogP contribution in [0, 0.1) is 17.2 Å². The van der Waals surface area contributed by atoms with Crippen LogP contribution in [0.25, 0.3) is 0 Å². The Morgan fingerprint density at radius 1 is 1.50 bits per heavy atom. The summed E-state index contributed by atoms with van der Waals surface area (Å²) in [5, 5.41) is 8.60. The normalized spacial score (nSPS) is 35.8. The van der Waals surface area contributed by atoms with Gasteiger partial charge in [-0.15, -0.1) is 0 Å². The van der Waals surface area contributed by atoms with E-state index in [2.05, 4.69) is 24.8 Å². The average Bonchev–Trinajstić information content (AvgIpc) is 2.84. The first-order valence-electron chi connectivity index (χ1n) is 6.08. The molecule has 0 bridgehead atoms. The first kappa shape index (κ1) is 11.8. The van der Waals surface area contributed by atoms with E-state index < -0.39 is 0 Å². The molecule has 2 heterocycles. The molecule has 0 aromatic rings. The monoisotopic (exact) mass is 224 g/mol. The van der Waals surface area contributed by atoms with Gasteiger partial charge in [-0.25, -0.2) is 0 Å². The number of hydrogen-bond acceptors (Lipinski definition) is 4. The Morgan fingerprint density at radius 2 is 2.31 bits per heavy atom. The fourth-order valence-corrected chi connectivity index (χ4v) is 2.43. The van der Waals surface area contributed by atoms with Gasteiger partial charge < -0.3 is 14.4 Å². The molecule has 2 rings (SSSR count). The number of rotatable bonds is 3. The molecule has 0 saturated carbocycles. The van der Waals surface area contributed by atoms with Gasteiger partial charge in [0.05, 0.1) is 25.2 Å². The molecular formula is C12H20N2O2. The Labute approximate surface area is 97.1 Å². The van der Waals surface area contributed by atoms with Crippen LogP contribution in [0.1, 0.15) is 26.7 Å². The van der Waals surface area contributed by atoms with Crippen molar-refractivity contribution in [3.8, 4) is 6.07 Å². The van der Waals surface area contributed by atoms with Gasteiger partial charge in [-0.05, 0) is 26.8 Å². The number of nitrogens with zero attached hydrogens (tertiary/aromatic N) is 2. The summed E-state index contributed by atoms with van der Waals surface area (Å²) in [4.78, 5) is 2.45. The van der Waals surface area contributed by atoms with E-state index in [9.17, 15) is 0 Å². The molecule has 0 aromatic carbocycles. The van der Waals surface area contributed by atoms with Crippen LogP contribution >= 0.6 is 0 Å². The molecule has 0 radical (unpaired) electrons. The van der Waals surface area contributed by atoms with E-state index in [-0.39, 0.29) is 12.4 Å². The lowest BCUT2D eigenvalue weighted by molar-refractivity contribution is -0.0928. The second kappa shape index (κ2) is 5.13. The Balaban J connectivity index is 1.81. The van der Waals surface area contributed by atoms with Gasteiger partial charge in [0.25, 0.3) is 0 Å². The summed E-state index contributed by atoms with van der Waals surface area (Å²) < 4.78 is 11.4. The highest BCUT2D eigenvalue weighted by atomic mass is 16.7. The van der Waals surface area contributed by atoms with Crippen LogP contribution in [0.2, 0.25) is 0 Å². The van der Waals surface area contributed by atoms with Crippen molar-refractivity contribution in [2.24, 2.45) is 5.92 Å². The van der Waals surface area contributed by atoms with Gasteiger partial charge in [0.2, 0.25) is 0 Å². The number of hydrogen-bond donors (Lipinski definition) is 0. The summed E-state index contributed by atoms with van der Waals surface area (Å²) in [7, 11) is 0. The third kappa shape index (κ3) is 2.54. The van der Waals surface area contributed by atoms with Gasteiger partial charge in [-0.2, -0.15) is 5.26 Å². The molecule has 90 valence electrons. The van der Waals surface area contributed by atoms with E-state index in [4.69, 9.17) is 14.7 Å². The lowest BCUT2D eigenvalue weighted by atomic mass is 10.1. The highest BCUT2D eigenvalue weighted by Crippen LogP contribution is 2.28. The zero-order chi connectivity index (χ0) is 11.5. The van der Waals surface area contributed by atoms with Gasteiger partial charge in [0.1, 0.15) is 0 Å². The smallest absolute Gasteiger partial charge is 0.162 e. The van der Waals surface area contributed by atoms with Gasteiger partial charge in [0.15, 0.2) is 6.29 Å². The summed E-state index contributed by atoms with van der Waals surface area (Å²) in [6, 6.07) is 2.73. The van der Waals surface area contributed by atoms with E-state index >= 15 is 0 Å². The van der Waals surface area contributed by atoms with Crippen molar-refractivity contribution in [2.45, 2.75) is 45.1 Å². The molecule has 2 aliphatic rings.